The number of amides is 1. The van der Waals surface area contributed by atoms with Crippen molar-refractivity contribution in [3.05, 3.63) is 47.0 Å². The van der Waals surface area contributed by atoms with Crippen LogP contribution >= 0.6 is 0 Å². The summed E-state index contributed by atoms with van der Waals surface area (Å²) in [6.45, 7) is 3.60. The predicted octanol–water partition coefficient (Wildman–Crippen LogP) is 5.50. The van der Waals surface area contributed by atoms with Crippen LogP contribution in [0.4, 0.5) is 14.9 Å². The maximum Gasteiger partial charge on any atom is 0.414 e. The highest BCUT2D eigenvalue weighted by Crippen LogP contribution is 2.45. The van der Waals surface area contributed by atoms with E-state index in [0.717, 1.165) is 36.0 Å². The number of ketones is 1. The van der Waals surface area contributed by atoms with Crippen LogP contribution in [0.2, 0.25) is 0 Å². The molecule has 1 saturated carbocycles. The van der Waals surface area contributed by atoms with Gasteiger partial charge in [-0.3, -0.25) is 9.69 Å². The molecule has 1 N–H and O–H groups in total. The molecule has 2 aromatic carbocycles. The van der Waals surface area contributed by atoms with Crippen molar-refractivity contribution in [2.24, 2.45) is 5.92 Å². The first-order valence-corrected chi connectivity index (χ1v) is 13.7. The van der Waals surface area contributed by atoms with Crippen LogP contribution in [0.1, 0.15) is 75.0 Å². The molecule has 0 radical (unpaired) electrons. The number of benzene rings is 2. The molecular formula is C30H36FN3O6. The lowest BCUT2D eigenvalue weighted by Gasteiger charge is -2.34. The molecule has 9 nitrogen and oxygen atoms in total. The van der Waals surface area contributed by atoms with Gasteiger partial charge in [-0.1, -0.05) is 6.42 Å². The highest BCUT2D eigenvalue weighted by atomic mass is 19.1. The number of aryl methyl sites for hydroxylation is 1. The standard InChI is InChI=1S/C30H36FN3O6/c1-16-9-10-20-22(33(16)30(37)40-5)12-13-23-26(20)32-29(34(23)19-8-6-7-18(15-19)17(2)35)27(36)25-24(38-3)14-11-21(31)28(25)39-4/h11-14,16,18-19,27,36H,6-10,15H2,1-5H3/t16-,18+,19+,27-/m0/s1. The predicted molar refractivity (Wildman–Crippen MR) is 148 cm³/mol. The maximum atomic E-state index is 14.9. The lowest BCUT2D eigenvalue weighted by Crippen LogP contribution is -2.42. The number of anilines is 1. The van der Waals surface area contributed by atoms with Gasteiger partial charge in [-0.25, -0.2) is 14.2 Å². The number of aliphatic hydroxyl groups excluding tert-OH is 1. The average molecular weight is 554 g/mol. The van der Waals surface area contributed by atoms with Crippen molar-refractivity contribution >= 4 is 28.6 Å². The number of carbonyl (C=O) groups excluding carboxylic acids is 2. The van der Waals surface area contributed by atoms with Gasteiger partial charge in [0.25, 0.3) is 0 Å². The van der Waals surface area contributed by atoms with E-state index in [4.69, 9.17) is 19.2 Å². The van der Waals surface area contributed by atoms with Crippen molar-refractivity contribution in [1.82, 2.24) is 9.55 Å². The number of hydrogen-bond donors (Lipinski definition) is 1. The van der Waals surface area contributed by atoms with E-state index in [9.17, 15) is 19.1 Å². The Morgan fingerprint density at radius 3 is 2.55 bits per heavy atom. The number of aliphatic hydroxyl groups is 1. The van der Waals surface area contributed by atoms with E-state index in [1.807, 2.05) is 23.6 Å². The summed E-state index contributed by atoms with van der Waals surface area (Å²) in [6.07, 6.45) is 2.65. The highest BCUT2D eigenvalue weighted by molar-refractivity contribution is 5.95. The van der Waals surface area contributed by atoms with E-state index in [-0.39, 0.29) is 40.8 Å². The van der Waals surface area contributed by atoms with E-state index < -0.39 is 18.0 Å². The fourth-order valence-electron chi connectivity index (χ4n) is 6.47. The number of carbonyl (C=O) groups is 2. The van der Waals surface area contributed by atoms with Gasteiger partial charge in [-0.15, -0.1) is 0 Å². The van der Waals surface area contributed by atoms with E-state index in [2.05, 4.69) is 0 Å². The molecule has 214 valence electrons. The van der Waals surface area contributed by atoms with Gasteiger partial charge < -0.3 is 23.9 Å². The third-order valence-corrected chi connectivity index (χ3v) is 8.49. The van der Waals surface area contributed by atoms with Crippen molar-refractivity contribution in [2.75, 3.05) is 26.2 Å². The Bertz CT molecular complexity index is 1450. The molecule has 1 aliphatic carbocycles. The summed E-state index contributed by atoms with van der Waals surface area (Å²) in [5, 5.41) is 11.9. The normalized spacial score (nSPS) is 21.6. The molecule has 1 aromatic heterocycles. The van der Waals surface area contributed by atoms with E-state index in [1.54, 1.807) is 11.8 Å². The van der Waals surface area contributed by atoms with Crippen LogP contribution in [0.3, 0.4) is 0 Å². The summed E-state index contributed by atoms with van der Waals surface area (Å²) < 4.78 is 32.8. The maximum absolute atomic E-state index is 14.9. The van der Waals surface area contributed by atoms with Gasteiger partial charge >= 0.3 is 6.09 Å². The molecule has 1 amide bonds. The Labute approximate surface area is 232 Å². The van der Waals surface area contributed by atoms with Crippen LogP contribution in [0, 0.1) is 11.7 Å². The quantitative estimate of drug-likeness (QED) is 0.430. The second-order valence-corrected chi connectivity index (χ2v) is 10.7. The van der Waals surface area contributed by atoms with Gasteiger partial charge in [0.15, 0.2) is 11.6 Å². The van der Waals surface area contributed by atoms with Crippen LogP contribution in [-0.2, 0) is 16.0 Å². The molecule has 1 aliphatic heterocycles. The third kappa shape index (κ3) is 4.58. The molecule has 0 bridgehead atoms. The Kier molecular flexibility index (Phi) is 7.72. The molecule has 0 saturated heterocycles. The van der Waals surface area contributed by atoms with Gasteiger partial charge in [0.05, 0.1) is 43.6 Å². The summed E-state index contributed by atoms with van der Waals surface area (Å²) in [5.74, 6) is -0.124. The first-order chi connectivity index (χ1) is 19.2. The number of nitrogens with zero attached hydrogens (tertiary/aromatic N) is 3. The van der Waals surface area contributed by atoms with Crippen LogP contribution < -0.4 is 14.4 Å². The topological polar surface area (TPSA) is 103 Å². The summed E-state index contributed by atoms with van der Waals surface area (Å²) in [7, 11) is 4.15. The fraction of sp³-hybridized carbons (Fsp3) is 0.500. The van der Waals surface area contributed by atoms with Crippen molar-refractivity contribution in [3.63, 3.8) is 0 Å². The molecule has 1 fully saturated rings. The number of aromatic nitrogens is 2. The Morgan fingerprint density at radius 1 is 1.10 bits per heavy atom. The molecule has 0 spiro atoms. The van der Waals surface area contributed by atoms with Gasteiger partial charge in [0, 0.05) is 23.6 Å². The van der Waals surface area contributed by atoms with Gasteiger partial charge in [0.1, 0.15) is 23.5 Å². The summed E-state index contributed by atoms with van der Waals surface area (Å²) in [5.41, 5.74) is 3.18. The molecule has 3 aromatic rings. The first kappa shape index (κ1) is 27.9. The van der Waals surface area contributed by atoms with E-state index in [1.165, 1.54) is 33.5 Å². The van der Waals surface area contributed by atoms with Crippen LogP contribution in [0.25, 0.3) is 11.0 Å². The average Bonchev–Trinajstić information content (AvgIpc) is 3.36. The molecule has 2 aliphatic rings. The zero-order valence-corrected chi connectivity index (χ0v) is 23.6. The lowest BCUT2D eigenvalue weighted by molar-refractivity contribution is -0.122. The van der Waals surface area contributed by atoms with Crippen LogP contribution in [0.5, 0.6) is 11.5 Å². The number of halogens is 1. The second-order valence-electron chi connectivity index (χ2n) is 10.7. The molecule has 2 heterocycles. The van der Waals surface area contributed by atoms with Crippen molar-refractivity contribution in [2.45, 2.75) is 70.6 Å². The second kappa shape index (κ2) is 11.1. The van der Waals surface area contributed by atoms with E-state index >= 15 is 0 Å². The Balaban J connectivity index is 1.75. The molecule has 0 unspecified atom stereocenters. The molecular weight excluding hydrogens is 517 g/mol. The third-order valence-electron chi connectivity index (χ3n) is 8.49. The van der Waals surface area contributed by atoms with E-state index in [0.29, 0.717) is 30.6 Å². The first-order valence-electron chi connectivity index (χ1n) is 13.7. The Morgan fingerprint density at radius 2 is 1.88 bits per heavy atom. The number of methoxy groups -OCH3 is 3. The van der Waals surface area contributed by atoms with Crippen molar-refractivity contribution < 1.29 is 33.3 Å². The van der Waals surface area contributed by atoms with Crippen molar-refractivity contribution in [1.29, 1.82) is 0 Å². The number of rotatable bonds is 6. The monoisotopic (exact) mass is 553 g/mol. The molecule has 4 atom stereocenters. The highest BCUT2D eigenvalue weighted by Gasteiger charge is 2.36. The Hall–Kier alpha value is -3.66. The summed E-state index contributed by atoms with van der Waals surface area (Å²) in [4.78, 5) is 31.7. The zero-order valence-electron chi connectivity index (χ0n) is 23.6. The number of hydrogen-bond acceptors (Lipinski definition) is 7. The van der Waals surface area contributed by atoms with Crippen LogP contribution in [0.15, 0.2) is 24.3 Å². The van der Waals surface area contributed by atoms with Crippen LogP contribution in [-0.4, -0.2) is 53.9 Å². The lowest BCUT2D eigenvalue weighted by atomic mass is 9.83. The van der Waals surface area contributed by atoms with Crippen molar-refractivity contribution in [3.8, 4) is 11.5 Å². The summed E-state index contributed by atoms with van der Waals surface area (Å²) >= 11 is 0. The number of Topliss-reactive ketones (excluding diaryl/α,β-unsaturated/α-hetero) is 1. The number of ether oxygens (including phenoxy) is 3. The zero-order chi connectivity index (χ0) is 28.7. The molecule has 40 heavy (non-hydrogen) atoms. The SMILES string of the molecule is COC(=O)N1c2ccc3c(nc([C@@H](O)c4c(OC)ccc(F)c4OC)n3[C@@H]3CCC[C@@H](C(C)=O)C3)c2CC[C@@H]1C. The minimum absolute atomic E-state index is 0.0555. The summed E-state index contributed by atoms with van der Waals surface area (Å²) in [6, 6.07) is 6.32. The molecule has 5 rings (SSSR count). The minimum Gasteiger partial charge on any atom is -0.496 e. The fourth-order valence-corrected chi connectivity index (χ4v) is 6.47. The number of fused-ring (bicyclic) bond motifs is 3. The largest absolute Gasteiger partial charge is 0.496 e. The minimum atomic E-state index is -1.39. The van der Waals surface area contributed by atoms with Gasteiger partial charge in [-0.05, 0) is 70.2 Å². The van der Waals surface area contributed by atoms with Gasteiger partial charge in [0.2, 0.25) is 0 Å². The number of imidazole rings is 1. The van der Waals surface area contributed by atoms with Gasteiger partial charge in [-0.2, -0.15) is 0 Å². The molecule has 10 heteroatoms. The smallest absolute Gasteiger partial charge is 0.414 e.